The van der Waals surface area contributed by atoms with Gasteiger partial charge in [-0.15, -0.1) is 0 Å². The van der Waals surface area contributed by atoms with E-state index in [1.165, 1.54) is 25.7 Å². The Morgan fingerprint density at radius 3 is 2.43 bits per heavy atom. The van der Waals surface area contributed by atoms with Gasteiger partial charge in [0.05, 0.1) is 0 Å². The summed E-state index contributed by atoms with van der Waals surface area (Å²) in [6.45, 7) is 2.72. The Bertz CT molecular complexity index is 174. The predicted molar refractivity (Wildman–Crippen MR) is 58.1 cm³/mol. The maximum absolute atomic E-state index is 11.3. The number of rotatable bonds is 4. The van der Waals surface area contributed by atoms with Gasteiger partial charge < -0.3 is 10.6 Å². The van der Waals surface area contributed by atoms with Gasteiger partial charge in [0.25, 0.3) is 0 Å². The molecule has 82 valence electrons. The summed E-state index contributed by atoms with van der Waals surface area (Å²) < 4.78 is 0. The summed E-state index contributed by atoms with van der Waals surface area (Å²) >= 11 is 0. The van der Waals surface area contributed by atoms with Crippen LogP contribution < -0.4 is 10.6 Å². The highest BCUT2D eigenvalue weighted by Gasteiger charge is 2.21. The van der Waals surface area contributed by atoms with E-state index in [2.05, 4.69) is 10.6 Å². The summed E-state index contributed by atoms with van der Waals surface area (Å²) in [7, 11) is 2.02. The van der Waals surface area contributed by atoms with Crippen LogP contribution in [0, 0.1) is 5.92 Å². The Balaban J connectivity index is 2.18. The van der Waals surface area contributed by atoms with E-state index < -0.39 is 0 Å². The fourth-order valence-corrected chi connectivity index (χ4v) is 2.19. The van der Waals surface area contributed by atoms with Crippen LogP contribution in [0.2, 0.25) is 0 Å². The molecule has 1 saturated carbocycles. The highest BCUT2D eigenvalue weighted by Crippen LogP contribution is 2.26. The largest absolute Gasteiger partial charge is 0.356 e. The zero-order chi connectivity index (χ0) is 10.4. The molecule has 1 rings (SSSR count). The Kier molecular flexibility index (Phi) is 4.94. The molecule has 1 aliphatic carbocycles. The molecule has 0 saturated heterocycles. The molecular formula is C11H22N2O. The van der Waals surface area contributed by atoms with Gasteiger partial charge in [-0.25, -0.2) is 0 Å². The van der Waals surface area contributed by atoms with E-state index in [4.69, 9.17) is 0 Å². The molecule has 1 aliphatic rings. The first-order chi connectivity index (χ1) is 6.76. The van der Waals surface area contributed by atoms with Gasteiger partial charge in [0, 0.05) is 19.0 Å². The molecule has 1 fully saturated rings. The first kappa shape index (κ1) is 11.5. The molecule has 0 aromatic carbocycles. The Morgan fingerprint density at radius 1 is 1.29 bits per heavy atom. The fourth-order valence-electron chi connectivity index (χ4n) is 2.19. The third kappa shape index (κ3) is 3.66. The summed E-state index contributed by atoms with van der Waals surface area (Å²) in [6, 6.07) is 0.681. The second-order valence-electron chi connectivity index (χ2n) is 4.16. The van der Waals surface area contributed by atoms with Gasteiger partial charge in [-0.05, 0) is 45.6 Å². The smallest absolute Gasteiger partial charge is 0.220 e. The summed E-state index contributed by atoms with van der Waals surface area (Å²) in [5, 5.41) is 6.17. The standard InChI is InChI=1S/C11H22N2O/c1-3-13-11(14)8-9-4-6-10(12-2)7-5-9/h9-10,12H,3-8H2,1-2H3,(H,13,14). The van der Waals surface area contributed by atoms with E-state index in [0.717, 1.165) is 13.0 Å². The van der Waals surface area contributed by atoms with Crippen molar-refractivity contribution in [1.82, 2.24) is 10.6 Å². The lowest BCUT2D eigenvalue weighted by molar-refractivity contribution is -0.122. The van der Waals surface area contributed by atoms with E-state index in [1.54, 1.807) is 0 Å². The fraction of sp³-hybridized carbons (Fsp3) is 0.909. The maximum atomic E-state index is 11.3. The molecule has 0 unspecified atom stereocenters. The van der Waals surface area contributed by atoms with E-state index in [9.17, 15) is 4.79 Å². The lowest BCUT2D eigenvalue weighted by atomic mass is 9.84. The molecule has 14 heavy (non-hydrogen) atoms. The van der Waals surface area contributed by atoms with Crippen LogP contribution >= 0.6 is 0 Å². The molecule has 3 heteroatoms. The maximum Gasteiger partial charge on any atom is 0.220 e. The average Bonchev–Trinajstić information content (AvgIpc) is 2.19. The van der Waals surface area contributed by atoms with Gasteiger partial charge in [0.1, 0.15) is 0 Å². The summed E-state index contributed by atoms with van der Waals surface area (Å²) in [4.78, 5) is 11.3. The first-order valence-electron chi connectivity index (χ1n) is 5.70. The molecule has 0 atom stereocenters. The van der Waals surface area contributed by atoms with Gasteiger partial charge in [-0.2, -0.15) is 0 Å². The highest BCUT2D eigenvalue weighted by atomic mass is 16.1. The third-order valence-electron chi connectivity index (χ3n) is 3.10. The number of hydrogen-bond donors (Lipinski definition) is 2. The number of carbonyl (C=O) groups is 1. The van der Waals surface area contributed by atoms with Crippen molar-refractivity contribution in [2.45, 2.75) is 45.1 Å². The van der Waals surface area contributed by atoms with Gasteiger partial charge in [-0.3, -0.25) is 4.79 Å². The quantitative estimate of drug-likeness (QED) is 0.714. The zero-order valence-corrected chi connectivity index (χ0v) is 9.31. The molecule has 3 nitrogen and oxygen atoms in total. The SMILES string of the molecule is CCNC(=O)CC1CCC(NC)CC1. The van der Waals surface area contributed by atoms with E-state index in [-0.39, 0.29) is 5.91 Å². The molecule has 1 amide bonds. The van der Waals surface area contributed by atoms with Crippen molar-refractivity contribution >= 4 is 5.91 Å². The summed E-state index contributed by atoms with van der Waals surface area (Å²) in [5.41, 5.74) is 0. The normalized spacial score (nSPS) is 27.3. The van der Waals surface area contributed by atoms with E-state index >= 15 is 0 Å². The van der Waals surface area contributed by atoms with Crippen molar-refractivity contribution in [2.24, 2.45) is 5.92 Å². The predicted octanol–water partition coefficient (Wildman–Crippen LogP) is 1.29. The molecule has 0 aromatic rings. The van der Waals surface area contributed by atoms with Gasteiger partial charge >= 0.3 is 0 Å². The van der Waals surface area contributed by atoms with Crippen molar-refractivity contribution in [1.29, 1.82) is 0 Å². The number of amides is 1. The number of nitrogens with one attached hydrogen (secondary N) is 2. The molecule has 0 bridgehead atoms. The van der Waals surface area contributed by atoms with Crippen LogP contribution in [0.1, 0.15) is 39.0 Å². The van der Waals surface area contributed by atoms with Gasteiger partial charge in [-0.1, -0.05) is 0 Å². The van der Waals surface area contributed by atoms with Crippen molar-refractivity contribution in [3.05, 3.63) is 0 Å². The lowest BCUT2D eigenvalue weighted by Crippen LogP contribution is -2.32. The van der Waals surface area contributed by atoms with Crippen molar-refractivity contribution in [3.8, 4) is 0 Å². The Labute approximate surface area is 86.6 Å². The van der Waals surface area contributed by atoms with Gasteiger partial charge in [0.2, 0.25) is 5.91 Å². The second-order valence-corrected chi connectivity index (χ2v) is 4.16. The van der Waals surface area contributed by atoms with E-state index in [0.29, 0.717) is 12.0 Å². The van der Waals surface area contributed by atoms with Crippen LogP contribution in [-0.4, -0.2) is 25.5 Å². The molecule has 0 aliphatic heterocycles. The van der Waals surface area contributed by atoms with Gasteiger partial charge in [0.15, 0.2) is 0 Å². The van der Waals surface area contributed by atoms with Crippen LogP contribution in [-0.2, 0) is 4.79 Å². The van der Waals surface area contributed by atoms with Crippen LogP contribution in [0.15, 0.2) is 0 Å². The average molecular weight is 198 g/mol. The van der Waals surface area contributed by atoms with Crippen LogP contribution in [0.25, 0.3) is 0 Å². The minimum Gasteiger partial charge on any atom is -0.356 e. The highest BCUT2D eigenvalue weighted by molar-refractivity contribution is 5.76. The molecule has 0 heterocycles. The topological polar surface area (TPSA) is 41.1 Å². The van der Waals surface area contributed by atoms with Crippen LogP contribution in [0.4, 0.5) is 0 Å². The Hall–Kier alpha value is -0.570. The second kappa shape index (κ2) is 6.02. The molecule has 0 spiro atoms. The number of hydrogen-bond acceptors (Lipinski definition) is 2. The van der Waals surface area contributed by atoms with Crippen LogP contribution in [0.3, 0.4) is 0 Å². The van der Waals surface area contributed by atoms with Crippen molar-refractivity contribution < 1.29 is 4.79 Å². The van der Waals surface area contributed by atoms with E-state index in [1.807, 2.05) is 14.0 Å². The molecular weight excluding hydrogens is 176 g/mol. The first-order valence-corrected chi connectivity index (χ1v) is 5.70. The molecule has 0 aromatic heterocycles. The minimum atomic E-state index is 0.223. The molecule has 0 radical (unpaired) electrons. The number of carbonyl (C=O) groups excluding carboxylic acids is 1. The monoisotopic (exact) mass is 198 g/mol. The van der Waals surface area contributed by atoms with Crippen LogP contribution in [0.5, 0.6) is 0 Å². The molecule has 2 N–H and O–H groups in total. The third-order valence-corrected chi connectivity index (χ3v) is 3.10. The minimum absolute atomic E-state index is 0.223. The summed E-state index contributed by atoms with van der Waals surface area (Å²) in [5.74, 6) is 0.839. The Morgan fingerprint density at radius 2 is 1.93 bits per heavy atom. The zero-order valence-electron chi connectivity index (χ0n) is 9.31. The lowest BCUT2D eigenvalue weighted by Gasteiger charge is -2.27. The van der Waals surface area contributed by atoms with Crippen molar-refractivity contribution in [2.75, 3.05) is 13.6 Å². The van der Waals surface area contributed by atoms with Crippen molar-refractivity contribution in [3.63, 3.8) is 0 Å². The summed E-state index contributed by atoms with van der Waals surface area (Å²) in [6.07, 6.45) is 5.57.